The van der Waals surface area contributed by atoms with Crippen LogP contribution < -0.4 is 9.47 Å². The molecule has 0 aromatic heterocycles. The molecular formula is C33H45NO9. The summed E-state index contributed by atoms with van der Waals surface area (Å²) in [7, 11) is 1.56. The first kappa shape index (κ1) is 31.3. The number of rotatable bonds is 13. The quantitative estimate of drug-likeness (QED) is 0.196. The zero-order valence-corrected chi connectivity index (χ0v) is 25.6. The molecule has 2 unspecified atom stereocenters. The maximum Gasteiger partial charge on any atom is 0.339 e. The van der Waals surface area contributed by atoms with Crippen molar-refractivity contribution in [2.24, 2.45) is 0 Å². The van der Waals surface area contributed by atoms with E-state index in [1.54, 1.807) is 27.0 Å². The lowest BCUT2D eigenvalue weighted by molar-refractivity contribution is -0.179. The molecule has 0 saturated carbocycles. The van der Waals surface area contributed by atoms with E-state index < -0.39 is 41.2 Å². The van der Waals surface area contributed by atoms with Gasteiger partial charge in [0.2, 0.25) is 6.79 Å². The number of unbranched alkanes of at least 4 members (excludes halogenated alkanes) is 1. The van der Waals surface area contributed by atoms with Crippen molar-refractivity contribution in [3.63, 3.8) is 0 Å². The molecule has 0 amide bonds. The number of fused-ring (bicyclic) bond motifs is 3. The molecule has 5 rings (SSSR count). The lowest BCUT2D eigenvalue weighted by Gasteiger charge is -2.39. The highest BCUT2D eigenvalue weighted by molar-refractivity contribution is 5.86. The van der Waals surface area contributed by atoms with E-state index in [0.29, 0.717) is 42.9 Å². The highest BCUT2D eigenvalue weighted by atomic mass is 16.7. The SMILES string of the molecule is C=CCCCOC(=O)C[C@](O)(CCCC(C)(C)O)C(=O)OC1C(OC)=CC23CCCN2CCc2cc4c(cc2[C@H]13)OCO4. The number of allylic oxidation sites excluding steroid dienone is 1. The Bertz CT molecular complexity index is 1250. The first-order chi connectivity index (χ1) is 20.5. The standard InChI is InChI=1S/C33H45NO9/c1-5-6-7-16-40-27(35)20-33(38,13-8-11-31(2,3)37)30(36)43-29-26(39-4)19-32-12-9-14-34(32)15-10-22-17-24-25(42-21-41-24)18-23(22)28(29)32/h5,17-19,28-29,37-38H,1,6-16,20-21H2,2-4H3/t28-,29?,32?,33-/m1/s1. The molecule has 10 heteroatoms. The maximum absolute atomic E-state index is 14.0. The van der Waals surface area contributed by atoms with Crippen LogP contribution in [0.25, 0.3) is 0 Å². The highest BCUT2D eigenvalue weighted by Gasteiger charge is 2.59. The summed E-state index contributed by atoms with van der Waals surface area (Å²) in [5, 5.41) is 22.0. The number of benzene rings is 1. The van der Waals surface area contributed by atoms with Crippen LogP contribution in [0.1, 0.15) is 82.3 Å². The minimum absolute atomic E-state index is 0.0759. The van der Waals surface area contributed by atoms with Crippen LogP contribution in [0.2, 0.25) is 0 Å². The van der Waals surface area contributed by atoms with Gasteiger partial charge in [0.15, 0.2) is 23.2 Å². The van der Waals surface area contributed by atoms with E-state index in [0.717, 1.165) is 43.5 Å². The van der Waals surface area contributed by atoms with Gasteiger partial charge in [-0.15, -0.1) is 6.58 Å². The Morgan fingerprint density at radius 2 is 1.93 bits per heavy atom. The normalized spacial score (nSPS) is 25.5. The molecule has 3 aliphatic heterocycles. The second kappa shape index (κ2) is 12.5. The number of methoxy groups -OCH3 is 1. The summed E-state index contributed by atoms with van der Waals surface area (Å²) < 4.78 is 28.8. The average Bonchev–Trinajstić information content (AvgIpc) is 3.64. The number of carbonyl (C=O) groups excluding carboxylic acids is 2. The second-order valence-corrected chi connectivity index (χ2v) is 12.8. The largest absolute Gasteiger partial charge is 0.497 e. The molecule has 1 aromatic carbocycles. The Balaban J connectivity index is 1.45. The van der Waals surface area contributed by atoms with Gasteiger partial charge in [-0.25, -0.2) is 4.79 Å². The van der Waals surface area contributed by atoms with Gasteiger partial charge in [-0.1, -0.05) is 6.08 Å². The van der Waals surface area contributed by atoms with Crippen LogP contribution in [0, 0.1) is 0 Å². The molecule has 1 aromatic rings. The summed E-state index contributed by atoms with van der Waals surface area (Å²) >= 11 is 0. The summed E-state index contributed by atoms with van der Waals surface area (Å²) in [4.78, 5) is 29.2. The predicted molar refractivity (Wildman–Crippen MR) is 158 cm³/mol. The van der Waals surface area contributed by atoms with E-state index >= 15 is 0 Å². The number of carbonyl (C=O) groups is 2. The number of ether oxygens (including phenoxy) is 5. The molecule has 1 aliphatic carbocycles. The zero-order chi connectivity index (χ0) is 30.8. The van der Waals surface area contributed by atoms with Crippen LogP contribution in [-0.2, 0) is 30.2 Å². The number of nitrogens with zero attached hydrogens (tertiary/aromatic N) is 1. The predicted octanol–water partition coefficient (Wildman–Crippen LogP) is 3.92. The fourth-order valence-electron chi connectivity index (χ4n) is 7.10. The Morgan fingerprint density at radius 1 is 1.16 bits per heavy atom. The van der Waals surface area contributed by atoms with E-state index in [1.165, 1.54) is 0 Å². The van der Waals surface area contributed by atoms with Crippen molar-refractivity contribution in [3.8, 4) is 11.5 Å². The van der Waals surface area contributed by atoms with Gasteiger partial charge in [-0.3, -0.25) is 9.69 Å². The topological polar surface area (TPSA) is 124 Å². The van der Waals surface area contributed by atoms with Gasteiger partial charge in [-0.2, -0.15) is 0 Å². The third-order valence-corrected chi connectivity index (χ3v) is 9.21. The third-order valence-electron chi connectivity index (χ3n) is 9.21. The number of hydrogen-bond donors (Lipinski definition) is 2. The van der Waals surface area contributed by atoms with Crippen molar-refractivity contribution in [3.05, 3.63) is 47.7 Å². The van der Waals surface area contributed by atoms with Gasteiger partial charge in [0.1, 0.15) is 5.76 Å². The molecule has 10 nitrogen and oxygen atoms in total. The molecule has 236 valence electrons. The van der Waals surface area contributed by atoms with Crippen molar-refractivity contribution in [2.45, 2.75) is 100 Å². The van der Waals surface area contributed by atoms with Gasteiger partial charge in [-0.05, 0) is 101 Å². The van der Waals surface area contributed by atoms with E-state index in [4.69, 9.17) is 23.7 Å². The molecule has 4 aliphatic rings. The Labute approximate surface area is 253 Å². The Hall–Kier alpha value is -3.08. The lowest BCUT2D eigenvalue weighted by atomic mass is 9.77. The molecule has 0 radical (unpaired) electrons. The first-order valence-corrected chi connectivity index (χ1v) is 15.4. The molecule has 4 atom stereocenters. The zero-order valence-electron chi connectivity index (χ0n) is 25.6. The van der Waals surface area contributed by atoms with Crippen molar-refractivity contribution in [1.29, 1.82) is 0 Å². The van der Waals surface area contributed by atoms with Crippen molar-refractivity contribution < 1.29 is 43.5 Å². The summed E-state index contributed by atoms with van der Waals surface area (Å²) in [6.07, 6.45) is 6.91. The van der Waals surface area contributed by atoms with E-state index in [9.17, 15) is 19.8 Å². The van der Waals surface area contributed by atoms with Crippen LogP contribution in [0.3, 0.4) is 0 Å². The van der Waals surface area contributed by atoms with Crippen LogP contribution in [0.5, 0.6) is 11.5 Å². The van der Waals surface area contributed by atoms with Crippen molar-refractivity contribution in [2.75, 3.05) is 33.6 Å². The smallest absolute Gasteiger partial charge is 0.339 e. The molecule has 1 saturated heterocycles. The number of esters is 2. The maximum atomic E-state index is 14.0. The van der Waals surface area contributed by atoms with Gasteiger partial charge < -0.3 is 33.9 Å². The molecular weight excluding hydrogens is 554 g/mol. The summed E-state index contributed by atoms with van der Waals surface area (Å²) in [6.45, 7) is 9.04. The van der Waals surface area contributed by atoms with Crippen molar-refractivity contribution in [1.82, 2.24) is 4.90 Å². The van der Waals surface area contributed by atoms with E-state index in [2.05, 4.69) is 17.6 Å². The van der Waals surface area contributed by atoms with Gasteiger partial charge in [0, 0.05) is 6.54 Å². The van der Waals surface area contributed by atoms with Gasteiger partial charge in [0.25, 0.3) is 0 Å². The van der Waals surface area contributed by atoms with Crippen LogP contribution in [0.15, 0.2) is 36.6 Å². The monoisotopic (exact) mass is 599 g/mol. The summed E-state index contributed by atoms with van der Waals surface area (Å²) in [5.41, 5.74) is -1.48. The fraction of sp³-hybridized carbons (Fsp3) is 0.636. The van der Waals surface area contributed by atoms with Crippen LogP contribution >= 0.6 is 0 Å². The minimum atomic E-state index is -2.15. The fourth-order valence-corrected chi connectivity index (χ4v) is 7.10. The molecule has 3 heterocycles. The van der Waals surface area contributed by atoms with E-state index in [-0.39, 0.29) is 25.7 Å². The molecule has 0 bridgehead atoms. The Kier molecular flexibility index (Phi) is 9.11. The minimum Gasteiger partial charge on any atom is -0.497 e. The van der Waals surface area contributed by atoms with Crippen LogP contribution in [-0.4, -0.2) is 83.5 Å². The molecule has 1 spiro atoms. The average molecular weight is 600 g/mol. The first-order valence-electron chi connectivity index (χ1n) is 15.4. The lowest BCUT2D eigenvalue weighted by Crippen LogP contribution is -2.49. The molecule has 1 fully saturated rings. The van der Waals surface area contributed by atoms with E-state index in [1.807, 2.05) is 12.1 Å². The Morgan fingerprint density at radius 3 is 2.65 bits per heavy atom. The van der Waals surface area contributed by atoms with Crippen molar-refractivity contribution >= 4 is 11.9 Å². The number of aliphatic hydroxyl groups is 2. The summed E-state index contributed by atoms with van der Waals surface area (Å²) in [6, 6.07) is 4.02. The summed E-state index contributed by atoms with van der Waals surface area (Å²) in [5.74, 6) is -0.0410. The van der Waals surface area contributed by atoms with Gasteiger partial charge in [0.05, 0.1) is 37.2 Å². The highest BCUT2D eigenvalue weighted by Crippen LogP contribution is 2.55. The van der Waals surface area contributed by atoms with Gasteiger partial charge >= 0.3 is 11.9 Å². The van der Waals surface area contributed by atoms with Crippen LogP contribution in [0.4, 0.5) is 0 Å². The molecule has 43 heavy (non-hydrogen) atoms. The third kappa shape index (κ3) is 6.42. The second-order valence-electron chi connectivity index (χ2n) is 12.8. The number of hydrogen-bond acceptors (Lipinski definition) is 10. The molecule has 2 N–H and O–H groups in total.